The Morgan fingerprint density at radius 2 is 1.77 bits per heavy atom. The predicted octanol–water partition coefficient (Wildman–Crippen LogP) is 2.31. The van der Waals surface area contributed by atoms with Crippen molar-refractivity contribution in [1.29, 1.82) is 0 Å². The van der Waals surface area contributed by atoms with Crippen LogP contribution in [0.3, 0.4) is 0 Å². The maximum absolute atomic E-state index is 5.39. The van der Waals surface area contributed by atoms with E-state index in [4.69, 9.17) is 9.47 Å². The van der Waals surface area contributed by atoms with Crippen LogP contribution in [0.5, 0.6) is 0 Å². The Morgan fingerprint density at radius 3 is 2.32 bits per heavy atom. The molecule has 1 rings (SSSR count). The molecule has 0 amide bonds. The maximum Gasteiger partial charge on any atom is 0.191 e. The molecule has 0 spiro atoms. The van der Waals surface area contributed by atoms with E-state index in [1.807, 2.05) is 20.8 Å². The van der Waals surface area contributed by atoms with Gasteiger partial charge in [0.2, 0.25) is 0 Å². The van der Waals surface area contributed by atoms with Crippen LogP contribution in [-0.2, 0) is 22.6 Å². The van der Waals surface area contributed by atoms with Crippen LogP contribution in [0, 0.1) is 0 Å². The van der Waals surface area contributed by atoms with E-state index in [2.05, 4.69) is 39.9 Å². The molecule has 5 heteroatoms. The van der Waals surface area contributed by atoms with E-state index in [9.17, 15) is 0 Å². The number of aliphatic imine (C=N–C) groups is 1. The third-order valence-electron chi connectivity index (χ3n) is 3.41. The van der Waals surface area contributed by atoms with Gasteiger partial charge in [-0.05, 0) is 31.9 Å². The molecule has 0 aliphatic rings. The maximum atomic E-state index is 5.39. The Morgan fingerprint density at radius 1 is 1.14 bits per heavy atom. The highest BCUT2D eigenvalue weighted by Crippen LogP contribution is 2.06. The van der Waals surface area contributed by atoms with Gasteiger partial charge >= 0.3 is 0 Å². The molecule has 0 radical (unpaired) electrons. The number of hydrogen-bond acceptors (Lipinski definition) is 3. The molecule has 0 unspecified atom stereocenters. The van der Waals surface area contributed by atoms with E-state index in [-0.39, 0.29) is 5.60 Å². The molecule has 0 fully saturated rings. The van der Waals surface area contributed by atoms with Crippen molar-refractivity contribution in [3.63, 3.8) is 0 Å². The highest BCUT2D eigenvalue weighted by atomic mass is 16.5. The van der Waals surface area contributed by atoms with Gasteiger partial charge in [-0.15, -0.1) is 0 Å². The highest BCUT2D eigenvalue weighted by Gasteiger charge is 2.16. The van der Waals surface area contributed by atoms with Crippen LogP contribution < -0.4 is 10.6 Å². The summed E-state index contributed by atoms with van der Waals surface area (Å²) in [7, 11) is 3.47. The molecule has 1 aromatic carbocycles. The average Bonchev–Trinajstić information content (AvgIpc) is 2.54. The van der Waals surface area contributed by atoms with Gasteiger partial charge in [-0.25, -0.2) is 0 Å². The average molecular weight is 307 g/mol. The van der Waals surface area contributed by atoms with Crippen LogP contribution in [-0.4, -0.2) is 38.9 Å². The van der Waals surface area contributed by atoms with E-state index in [0.29, 0.717) is 13.2 Å². The molecule has 0 aliphatic heterocycles. The minimum absolute atomic E-state index is 0.224. The van der Waals surface area contributed by atoms with Gasteiger partial charge in [0.1, 0.15) is 0 Å². The van der Waals surface area contributed by atoms with Gasteiger partial charge in [-0.1, -0.05) is 24.3 Å². The standard InChI is InChI=1S/C17H29N3O2/c1-6-22-12-15-9-7-14(8-10-15)11-19-16(18-4)20-13-17(2,3)21-5/h7-10H,6,11-13H2,1-5H3,(H2,18,19,20). The van der Waals surface area contributed by atoms with Gasteiger partial charge in [-0.3, -0.25) is 4.99 Å². The van der Waals surface area contributed by atoms with Crippen molar-refractivity contribution >= 4 is 5.96 Å². The molecular formula is C17H29N3O2. The summed E-state index contributed by atoms with van der Waals surface area (Å²) < 4.78 is 10.8. The van der Waals surface area contributed by atoms with Crippen LogP contribution in [0.1, 0.15) is 31.9 Å². The topological polar surface area (TPSA) is 54.9 Å². The van der Waals surface area contributed by atoms with Crippen molar-refractivity contribution in [1.82, 2.24) is 10.6 Å². The van der Waals surface area contributed by atoms with Crippen molar-refractivity contribution < 1.29 is 9.47 Å². The largest absolute Gasteiger partial charge is 0.377 e. The third-order valence-corrected chi connectivity index (χ3v) is 3.41. The van der Waals surface area contributed by atoms with Crippen molar-refractivity contribution in [3.8, 4) is 0 Å². The minimum atomic E-state index is -0.224. The lowest BCUT2D eigenvalue weighted by molar-refractivity contribution is 0.0268. The second-order valence-corrected chi connectivity index (χ2v) is 5.70. The van der Waals surface area contributed by atoms with Crippen molar-refractivity contribution in [2.24, 2.45) is 4.99 Å². The lowest BCUT2D eigenvalue weighted by atomic mass is 10.1. The number of ether oxygens (including phenoxy) is 2. The fourth-order valence-corrected chi connectivity index (χ4v) is 1.75. The summed E-state index contributed by atoms with van der Waals surface area (Å²) >= 11 is 0. The summed E-state index contributed by atoms with van der Waals surface area (Å²) in [6, 6.07) is 8.40. The fourth-order valence-electron chi connectivity index (χ4n) is 1.75. The zero-order valence-corrected chi connectivity index (χ0v) is 14.4. The summed E-state index contributed by atoms with van der Waals surface area (Å²) in [4.78, 5) is 4.22. The number of nitrogens with one attached hydrogen (secondary N) is 2. The van der Waals surface area contributed by atoms with Gasteiger partial charge in [0, 0.05) is 33.9 Å². The Hall–Kier alpha value is -1.59. The predicted molar refractivity (Wildman–Crippen MR) is 91.1 cm³/mol. The second kappa shape index (κ2) is 9.43. The van der Waals surface area contributed by atoms with Crippen LogP contribution >= 0.6 is 0 Å². The zero-order valence-electron chi connectivity index (χ0n) is 14.4. The Balaban J connectivity index is 2.43. The minimum Gasteiger partial charge on any atom is -0.377 e. The first-order valence-electron chi connectivity index (χ1n) is 7.66. The van der Waals surface area contributed by atoms with Crippen LogP contribution in [0.4, 0.5) is 0 Å². The molecule has 0 saturated carbocycles. The summed E-state index contributed by atoms with van der Waals surface area (Å²) in [5.41, 5.74) is 2.17. The smallest absolute Gasteiger partial charge is 0.191 e. The highest BCUT2D eigenvalue weighted by molar-refractivity contribution is 5.79. The van der Waals surface area contributed by atoms with Crippen molar-refractivity contribution in [2.45, 2.75) is 39.5 Å². The number of methoxy groups -OCH3 is 1. The van der Waals surface area contributed by atoms with Crippen LogP contribution in [0.25, 0.3) is 0 Å². The number of nitrogens with zero attached hydrogens (tertiary/aromatic N) is 1. The Labute approximate surface area is 134 Å². The second-order valence-electron chi connectivity index (χ2n) is 5.70. The molecule has 0 bridgehead atoms. The summed E-state index contributed by atoms with van der Waals surface area (Å²) in [5, 5.41) is 6.56. The zero-order chi connectivity index (χ0) is 16.4. The van der Waals surface area contributed by atoms with Gasteiger partial charge in [-0.2, -0.15) is 0 Å². The Bertz CT molecular complexity index is 455. The first-order valence-corrected chi connectivity index (χ1v) is 7.66. The molecule has 0 saturated heterocycles. The number of hydrogen-bond donors (Lipinski definition) is 2. The summed E-state index contributed by atoms with van der Waals surface area (Å²) in [6.45, 7) is 8.89. The van der Waals surface area contributed by atoms with Crippen LogP contribution in [0.15, 0.2) is 29.3 Å². The van der Waals surface area contributed by atoms with Crippen molar-refractivity contribution in [3.05, 3.63) is 35.4 Å². The molecule has 0 aliphatic carbocycles. The van der Waals surface area contributed by atoms with E-state index in [0.717, 1.165) is 19.1 Å². The summed E-state index contributed by atoms with van der Waals surface area (Å²) in [5.74, 6) is 0.767. The van der Waals surface area contributed by atoms with E-state index < -0.39 is 0 Å². The van der Waals surface area contributed by atoms with E-state index in [1.54, 1.807) is 14.2 Å². The fraction of sp³-hybridized carbons (Fsp3) is 0.588. The molecule has 22 heavy (non-hydrogen) atoms. The third kappa shape index (κ3) is 6.91. The molecule has 0 atom stereocenters. The normalized spacial score (nSPS) is 12.3. The number of benzene rings is 1. The quantitative estimate of drug-likeness (QED) is 0.572. The molecule has 0 aromatic heterocycles. The molecule has 124 valence electrons. The van der Waals surface area contributed by atoms with Crippen molar-refractivity contribution in [2.75, 3.05) is 27.3 Å². The lowest BCUT2D eigenvalue weighted by Crippen LogP contribution is -2.45. The molecule has 0 heterocycles. The monoisotopic (exact) mass is 307 g/mol. The first kappa shape index (κ1) is 18.5. The first-order chi connectivity index (χ1) is 10.5. The molecule has 5 nitrogen and oxygen atoms in total. The SMILES string of the molecule is CCOCc1ccc(CNC(=NC)NCC(C)(C)OC)cc1. The number of guanidine groups is 1. The van der Waals surface area contributed by atoms with Crippen LogP contribution in [0.2, 0.25) is 0 Å². The van der Waals surface area contributed by atoms with Gasteiger partial charge in [0.15, 0.2) is 5.96 Å². The van der Waals surface area contributed by atoms with Gasteiger partial charge < -0.3 is 20.1 Å². The molecular weight excluding hydrogens is 278 g/mol. The molecule has 2 N–H and O–H groups in total. The summed E-state index contributed by atoms with van der Waals surface area (Å²) in [6.07, 6.45) is 0. The van der Waals surface area contributed by atoms with E-state index >= 15 is 0 Å². The van der Waals surface area contributed by atoms with E-state index in [1.165, 1.54) is 11.1 Å². The lowest BCUT2D eigenvalue weighted by Gasteiger charge is -2.24. The molecule has 1 aromatic rings. The Kier molecular flexibility index (Phi) is 7.91. The number of rotatable bonds is 8. The van der Waals surface area contributed by atoms with Gasteiger partial charge in [0.25, 0.3) is 0 Å². The van der Waals surface area contributed by atoms with Gasteiger partial charge in [0.05, 0.1) is 12.2 Å².